The summed E-state index contributed by atoms with van der Waals surface area (Å²) in [5.74, 6) is 2.46. The minimum Gasteiger partial charge on any atom is -0.462 e. The van der Waals surface area contributed by atoms with Gasteiger partial charge >= 0.3 is 5.97 Å². The van der Waals surface area contributed by atoms with Crippen LogP contribution in [0, 0.1) is 0 Å². The number of carbonyl (C=O) groups is 1. The third-order valence-corrected chi connectivity index (χ3v) is 8.15. The van der Waals surface area contributed by atoms with Crippen LogP contribution in [0.2, 0.25) is 0 Å². The van der Waals surface area contributed by atoms with Crippen LogP contribution < -0.4 is 4.90 Å². The Morgan fingerprint density at radius 2 is 1.48 bits per heavy atom. The minimum absolute atomic E-state index is 0.217. The van der Waals surface area contributed by atoms with Crippen LogP contribution in [0.4, 0.5) is 17.1 Å². The minimum atomic E-state index is -0.217. The largest absolute Gasteiger partial charge is 0.462 e. The lowest BCUT2D eigenvalue weighted by Crippen LogP contribution is -2.18. The molecule has 146 valence electrons. The van der Waals surface area contributed by atoms with Crippen LogP contribution in [-0.4, -0.2) is 24.1 Å². The molecular weight excluding hydrogens is 378 g/mol. The van der Waals surface area contributed by atoms with Gasteiger partial charge in [-0.3, -0.25) is 0 Å². The first kappa shape index (κ1) is 18.3. The highest BCUT2D eigenvalue weighted by Crippen LogP contribution is 2.37. The Labute approximate surface area is 174 Å². The predicted molar refractivity (Wildman–Crippen MR) is 120 cm³/mol. The van der Waals surface area contributed by atoms with Crippen LogP contribution in [0.15, 0.2) is 77.7 Å². The zero-order valence-electron chi connectivity index (χ0n) is 16.3. The molecule has 1 fully saturated rings. The van der Waals surface area contributed by atoms with E-state index in [1.165, 1.54) is 29.2 Å². The number of cyclic esters (lactones) is 1. The summed E-state index contributed by atoms with van der Waals surface area (Å²) >= 11 is 0. The number of hydrogen-bond acceptors (Lipinski definition) is 3. The molecule has 29 heavy (non-hydrogen) atoms. The zero-order valence-corrected chi connectivity index (χ0v) is 17.2. The van der Waals surface area contributed by atoms with E-state index in [0.717, 1.165) is 29.0 Å². The summed E-state index contributed by atoms with van der Waals surface area (Å²) in [7, 11) is 0.423. The number of hydrogen-bond donors (Lipinski definition) is 0. The van der Waals surface area contributed by atoms with Gasteiger partial charge in [0.05, 0.1) is 12.2 Å². The van der Waals surface area contributed by atoms with Crippen molar-refractivity contribution in [2.75, 3.05) is 23.0 Å². The first-order chi connectivity index (χ1) is 14.3. The van der Waals surface area contributed by atoms with E-state index in [4.69, 9.17) is 4.74 Å². The molecular formula is C25H24NO2S+. The maximum absolute atomic E-state index is 12.0. The number of ether oxygens (including phenoxy) is 1. The van der Waals surface area contributed by atoms with Crippen molar-refractivity contribution in [3.8, 4) is 0 Å². The second kappa shape index (κ2) is 7.96. The lowest BCUT2D eigenvalue weighted by atomic mass is 10.0. The molecule has 3 nitrogen and oxygen atoms in total. The van der Waals surface area contributed by atoms with Gasteiger partial charge in [-0.25, -0.2) is 4.79 Å². The first-order valence-corrected chi connectivity index (χ1v) is 11.8. The lowest BCUT2D eigenvalue weighted by molar-refractivity contribution is 0.0480. The summed E-state index contributed by atoms with van der Waals surface area (Å²) < 4.78 is 5.18. The highest BCUT2D eigenvalue weighted by molar-refractivity contribution is 7.97. The molecule has 3 aromatic rings. The third kappa shape index (κ3) is 3.65. The molecule has 4 heteroatoms. The van der Waals surface area contributed by atoms with Gasteiger partial charge in [-0.1, -0.05) is 18.2 Å². The van der Waals surface area contributed by atoms with E-state index in [9.17, 15) is 4.79 Å². The Morgan fingerprint density at radius 1 is 0.793 bits per heavy atom. The molecule has 0 saturated carbocycles. The number of para-hydroxylation sites is 1. The Morgan fingerprint density at radius 3 is 2.24 bits per heavy atom. The summed E-state index contributed by atoms with van der Waals surface area (Å²) in [6, 6.07) is 25.5. The van der Waals surface area contributed by atoms with Gasteiger partial charge in [0.2, 0.25) is 0 Å². The number of nitrogens with zero attached hydrogens (tertiary/aromatic N) is 1. The van der Waals surface area contributed by atoms with Crippen LogP contribution in [0.3, 0.4) is 0 Å². The first-order valence-electron chi connectivity index (χ1n) is 10.2. The van der Waals surface area contributed by atoms with E-state index in [1.54, 1.807) is 0 Å². The molecule has 0 radical (unpaired) electrons. The summed E-state index contributed by atoms with van der Waals surface area (Å²) in [5, 5.41) is 0. The predicted octanol–water partition coefficient (Wildman–Crippen LogP) is 5.64. The van der Waals surface area contributed by atoms with Crippen molar-refractivity contribution < 1.29 is 9.53 Å². The monoisotopic (exact) mass is 402 g/mol. The molecule has 2 heterocycles. The van der Waals surface area contributed by atoms with Gasteiger partial charge in [-0.15, -0.1) is 0 Å². The van der Waals surface area contributed by atoms with Crippen LogP contribution in [0.1, 0.15) is 28.8 Å². The fraction of sp³-hybridized carbons (Fsp3) is 0.240. The summed E-state index contributed by atoms with van der Waals surface area (Å²) in [6.07, 6.45) is 3.48. The van der Waals surface area contributed by atoms with Crippen LogP contribution in [-0.2, 0) is 22.1 Å². The quantitative estimate of drug-likeness (QED) is 0.418. The molecule has 0 aliphatic carbocycles. The average Bonchev–Trinajstić information content (AvgIpc) is 3.30. The van der Waals surface area contributed by atoms with Gasteiger partial charge in [0.15, 0.2) is 4.90 Å². The fourth-order valence-corrected chi connectivity index (χ4v) is 6.46. The van der Waals surface area contributed by atoms with E-state index in [1.807, 2.05) is 18.2 Å². The molecule has 0 bridgehead atoms. The van der Waals surface area contributed by atoms with Crippen molar-refractivity contribution in [1.82, 2.24) is 0 Å². The van der Waals surface area contributed by atoms with Gasteiger partial charge in [0.1, 0.15) is 11.5 Å². The summed E-state index contributed by atoms with van der Waals surface area (Å²) in [5.41, 5.74) is 5.07. The van der Waals surface area contributed by atoms with Gasteiger partial charge in [-0.05, 0) is 73.0 Å². The third-order valence-electron chi connectivity index (χ3n) is 5.65. The molecule has 1 saturated heterocycles. The van der Waals surface area contributed by atoms with Gasteiger partial charge in [0, 0.05) is 34.4 Å². The average molecular weight is 403 g/mol. The molecule has 3 aromatic carbocycles. The molecule has 0 amide bonds. The molecule has 0 aromatic heterocycles. The van der Waals surface area contributed by atoms with E-state index < -0.39 is 0 Å². The highest BCUT2D eigenvalue weighted by Gasteiger charge is 2.27. The van der Waals surface area contributed by atoms with Crippen LogP contribution in [0.5, 0.6) is 0 Å². The maximum atomic E-state index is 12.0. The molecule has 5 rings (SSSR count). The van der Waals surface area contributed by atoms with E-state index in [2.05, 4.69) is 59.5 Å². The Balaban J connectivity index is 1.55. The lowest BCUT2D eigenvalue weighted by Gasteiger charge is -2.27. The molecule has 0 unspecified atom stereocenters. The van der Waals surface area contributed by atoms with Gasteiger partial charge in [0.25, 0.3) is 0 Å². The number of anilines is 3. The van der Waals surface area contributed by atoms with Crippen LogP contribution in [0.25, 0.3) is 0 Å². The number of benzene rings is 3. The molecule has 2 aliphatic rings. The Bertz CT molecular complexity index is 1010. The number of fused-ring (bicyclic) bond motifs is 1. The number of carbonyl (C=O) groups excluding carboxylic acids is 1. The second-order valence-corrected chi connectivity index (χ2v) is 9.77. The van der Waals surface area contributed by atoms with Crippen molar-refractivity contribution in [3.63, 3.8) is 0 Å². The van der Waals surface area contributed by atoms with Gasteiger partial charge in [-0.2, -0.15) is 0 Å². The fourth-order valence-electron chi connectivity index (χ4n) is 4.16. The smallest absolute Gasteiger partial charge is 0.338 e. The normalized spacial score (nSPS) is 16.3. The SMILES string of the molecule is O=C1OCCc2cc(N(c3ccccc3)c3ccc([S+]4CCCC4)cc3)ccc21. The molecule has 0 N–H and O–H groups in total. The maximum Gasteiger partial charge on any atom is 0.338 e. The molecule has 2 aliphatic heterocycles. The van der Waals surface area contributed by atoms with Crippen molar-refractivity contribution in [2.45, 2.75) is 24.2 Å². The zero-order chi connectivity index (χ0) is 19.6. The van der Waals surface area contributed by atoms with Crippen molar-refractivity contribution in [1.29, 1.82) is 0 Å². The van der Waals surface area contributed by atoms with E-state index in [-0.39, 0.29) is 5.97 Å². The summed E-state index contributed by atoms with van der Waals surface area (Å²) in [6.45, 7) is 0.456. The highest BCUT2D eigenvalue weighted by atomic mass is 32.2. The van der Waals surface area contributed by atoms with Crippen molar-refractivity contribution in [2.24, 2.45) is 0 Å². The van der Waals surface area contributed by atoms with Crippen molar-refractivity contribution in [3.05, 3.63) is 83.9 Å². The van der Waals surface area contributed by atoms with E-state index >= 15 is 0 Å². The number of rotatable bonds is 4. The Hall–Kier alpha value is -2.72. The van der Waals surface area contributed by atoms with Crippen molar-refractivity contribution >= 4 is 33.9 Å². The molecule has 0 atom stereocenters. The standard InChI is InChI=1S/C25H24NO2S/c27-25-24-13-10-22(18-19(24)14-15-28-25)26(20-6-2-1-3-7-20)21-8-11-23(12-9-21)29-16-4-5-17-29/h1-3,6-13,18H,4-5,14-17H2/q+1. The van der Waals surface area contributed by atoms with E-state index in [0.29, 0.717) is 23.1 Å². The summed E-state index contributed by atoms with van der Waals surface area (Å²) in [4.78, 5) is 15.8. The second-order valence-electron chi connectivity index (χ2n) is 7.50. The topological polar surface area (TPSA) is 29.5 Å². The Kier molecular flexibility index (Phi) is 5.03. The molecule has 0 spiro atoms. The van der Waals surface area contributed by atoms with Gasteiger partial charge < -0.3 is 9.64 Å². The number of esters is 1. The van der Waals surface area contributed by atoms with Crippen LogP contribution >= 0.6 is 0 Å².